The Morgan fingerprint density at radius 2 is 1.84 bits per heavy atom. The van der Waals surface area contributed by atoms with Crippen LogP contribution in [-0.2, 0) is 15.0 Å². The maximum Gasteiger partial charge on any atom is 0.227 e. The number of amides is 1. The Kier molecular flexibility index (Phi) is 5.78. The molecule has 1 fully saturated rings. The lowest BCUT2D eigenvalue weighted by molar-refractivity contribution is -0.123. The molecule has 1 aliphatic carbocycles. The van der Waals surface area contributed by atoms with E-state index in [1.54, 1.807) is 7.11 Å². The summed E-state index contributed by atoms with van der Waals surface area (Å²) in [6.07, 6.45) is 4.08. The molecule has 0 unspecified atom stereocenters. The molecule has 2 aromatic carbocycles. The van der Waals surface area contributed by atoms with Crippen LogP contribution < -0.4 is 10.1 Å². The maximum atomic E-state index is 12.8. The number of carbonyl (C=O) groups is 1. The first-order valence-corrected chi connectivity index (χ1v) is 11.1. The SMILES string of the molecule is COc1cccc(C2=NOC3(CCC(C(=O)Nc4ccc(C(C)(C)C)cc4)CC3)C2)c1. The van der Waals surface area contributed by atoms with Gasteiger partial charge < -0.3 is 14.9 Å². The number of hydrogen-bond donors (Lipinski definition) is 1. The van der Waals surface area contributed by atoms with Crippen LogP contribution in [0.4, 0.5) is 5.69 Å². The van der Waals surface area contributed by atoms with Gasteiger partial charge in [0, 0.05) is 23.6 Å². The van der Waals surface area contributed by atoms with Crippen molar-refractivity contribution < 1.29 is 14.4 Å². The molecular weight excluding hydrogens is 388 g/mol. The first-order chi connectivity index (χ1) is 14.8. The van der Waals surface area contributed by atoms with Crippen LogP contribution >= 0.6 is 0 Å². The van der Waals surface area contributed by atoms with Crippen LogP contribution in [0.5, 0.6) is 5.75 Å². The molecule has 1 amide bonds. The third kappa shape index (κ3) is 4.76. The fraction of sp³-hybridized carbons (Fsp3) is 0.462. The van der Waals surface area contributed by atoms with E-state index in [0.717, 1.165) is 54.8 Å². The van der Waals surface area contributed by atoms with Gasteiger partial charge in [0.25, 0.3) is 0 Å². The van der Waals surface area contributed by atoms with E-state index in [9.17, 15) is 4.79 Å². The number of carbonyl (C=O) groups excluding carboxylic acids is 1. The van der Waals surface area contributed by atoms with Gasteiger partial charge in [-0.2, -0.15) is 0 Å². The van der Waals surface area contributed by atoms with E-state index in [2.05, 4.69) is 43.4 Å². The number of rotatable bonds is 4. The van der Waals surface area contributed by atoms with Crippen molar-refractivity contribution in [2.45, 2.75) is 63.9 Å². The molecule has 0 atom stereocenters. The Bertz CT molecular complexity index is 965. The van der Waals surface area contributed by atoms with Crippen LogP contribution in [0.1, 0.15) is 64.0 Å². The molecule has 0 aromatic heterocycles. The van der Waals surface area contributed by atoms with E-state index in [0.29, 0.717) is 0 Å². The molecule has 0 saturated heterocycles. The first kappa shape index (κ1) is 21.4. The van der Waals surface area contributed by atoms with Gasteiger partial charge in [-0.05, 0) is 60.9 Å². The number of methoxy groups -OCH3 is 1. The van der Waals surface area contributed by atoms with E-state index < -0.39 is 0 Å². The number of oxime groups is 1. The summed E-state index contributed by atoms with van der Waals surface area (Å²) >= 11 is 0. The minimum atomic E-state index is -0.274. The van der Waals surface area contributed by atoms with Gasteiger partial charge in [-0.15, -0.1) is 0 Å². The summed E-state index contributed by atoms with van der Waals surface area (Å²) in [5.41, 5.74) is 3.95. The van der Waals surface area contributed by atoms with Crippen LogP contribution in [0.25, 0.3) is 0 Å². The summed E-state index contributed by atoms with van der Waals surface area (Å²) in [6, 6.07) is 16.1. The van der Waals surface area contributed by atoms with Gasteiger partial charge in [0.2, 0.25) is 5.91 Å². The van der Waals surface area contributed by atoms with Crippen LogP contribution in [0.3, 0.4) is 0 Å². The van der Waals surface area contributed by atoms with E-state index in [-0.39, 0.29) is 22.8 Å². The Hall–Kier alpha value is -2.82. The van der Waals surface area contributed by atoms with Gasteiger partial charge in [-0.25, -0.2) is 0 Å². The highest BCUT2D eigenvalue weighted by atomic mass is 16.7. The van der Waals surface area contributed by atoms with Crippen LogP contribution in [0.2, 0.25) is 0 Å². The van der Waals surface area contributed by atoms with Gasteiger partial charge in [-0.1, -0.05) is 50.2 Å². The van der Waals surface area contributed by atoms with Gasteiger partial charge in [-0.3, -0.25) is 4.79 Å². The third-order valence-corrected chi connectivity index (χ3v) is 6.53. The largest absolute Gasteiger partial charge is 0.497 e. The van der Waals surface area contributed by atoms with Gasteiger partial charge in [0.05, 0.1) is 12.8 Å². The zero-order valence-corrected chi connectivity index (χ0v) is 18.9. The zero-order chi connectivity index (χ0) is 22.1. The zero-order valence-electron chi connectivity index (χ0n) is 18.9. The van der Waals surface area contributed by atoms with Crippen molar-refractivity contribution >= 4 is 17.3 Å². The Balaban J connectivity index is 1.32. The minimum Gasteiger partial charge on any atom is -0.497 e. The van der Waals surface area contributed by atoms with E-state index >= 15 is 0 Å². The smallest absolute Gasteiger partial charge is 0.227 e. The lowest BCUT2D eigenvalue weighted by atomic mass is 9.75. The normalized spacial score (nSPS) is 23.2. The van der Waals surface area contributed by atoms with Gasteiger partial charge in [0.15, 0.2) is 0 Å². The highest BCUT2D eigenvalue weighted by molar-refractivity contribution is 6.02. The molecule has 1 aliphatic heterocycles. The molecule has 2 aromatic rings. The monoisotopic (exact) mass is 420 g/mol. The molecule has 5 heteroatoms. The lowest BCUT2D eigenvalue weighted by Crippen LogP contribution is -2.37. The van der Waals surface area contributed by atoms with E-state index in [1.165, 1.54) is 5.56 Å². The molecule has 164 valence electrons. The highest BCUT2D eigenvalue weighted by Crippen LogP contribution is 2.42. The fourth-order valence-corrected chi connectivity index (χ4v) is 4.45. The molecule has 0 radical (unpaired) electrons. The van der Waals surface area contributed by atoms with Crippen molar-refractivity contribution in [3.8, 4) is 5.75 Å². The first-order valence-electron chi connectivity index (χ1n) is 11.1. The molecular formula is C26H32N2O3. The number of benzene rings is 2. The van der Waals surface area contributed by atoms with Gasteiger partial charge in [0.1, 0.15) is 11.4 Å². The summed E-state index contributed by atoms with van der Waals surface area (Å²) in [6.45, 7) is 6.56. The third-order valence-electron chi connectivity index (χ3n) is 6.53. The topological polar surface area (TPSA) is 59.9 Å². The second-order valence-corrected chi connectivity index (χ2v) is 9.81. The highest BCUT2D eigenvalue weighted by Gasteiger charge is 2.44. The van der Waals surface area contributed by atoms with Crippen molar-refractivity contribution in [3.05, 3.63) is 59.7 Å². The van der Waals surface area contributed by atoms with Crippen molar-refractivity contribution in [1.82, 2.24) is 0 Å². The number of hydrogen-bond acceptors (Lipinski definition) is 4. The summed E-state index contributed by atoms with van der Waals surface area (Å²) in [5, 5.41) is 7.48. The van der Waals surface area contributed by atoms with Crippen molar-refractivity contribution in [2.24, 2.45) is 11.1 Å². The molecule has 1 saturated carbocycles. The number of anilines is 1. The Labute approximate surface area is 184 Å². The number of nitrogens with one attached hydrogen (secondary N) is 1. The van der Waals surface area contributed by atoms with Gasteiger partial charge >= 0.3 is 0 Å². The molecule has 1 spiro atoms. The van der Waals surface area contributed by atoms with Crippen molar-refractivity contribution in [3.63, 3.8) is 0 Å². The van der Waals surface area contributed by atoms with E-state index in [4.69, 9.17) is 9.57 Å². The lowest BCUT2D eigenvalue weighted by Gasteiger charge is -2.34. The predicted molar refractivity (Wildman–Crippen MR) is 124 cm³/mol. The van der Waals surface area contributed by atoms with Crippen molar-refractivity contribution in [2.75, 3.05) is 12.4 Å². The Morgan fingerprint density at radius 3 is 2.48 bits per heavy atom. The van der Waals surface area contributed by atoms with Crippen molar-refractivity contribution in [1.29, 1.82) is 0 Å². The Morgan fingerprint density at radius 1 is 1.13 bits per heavy atom. The number of ether oxygens (including phenoxy) is 1. The average Bonchev–Trinajstić information content (AvgIpc) is 3.17. The predicted octanol–water partition coefficient (Wildman–Crippen LogP) is 5.68. The number of nitrogens with zero attached hydrogens (tertiary/aromatic N) is 1. The second kappa shape index (κ2) is 8.37. The van der Waals surface area contributed by atoms with E-state index in [1.807, 2.05) is 36.4 Å². The van der Waals surface area contributed by atoms with Crippen LogP contribution in [0.15, 0.2) is 53.7 Å². The van der Waals surface area contributed by atoms with Crippen LogP contribution in [0, 0.1) is 5.92 Å². The summed E-state index contributed by atoms with van der Waals surface area (Å²) in [5.74, 6) is 0.930. The molecule has 5 nitrogen and oxygen atoms in total. The molecule has 1 heterocycles. The molecule has 0 bridgehead atoms. The molecule has 1 N–H and O–H groups in total. The quantitative estimate of drug-likeness (QED) is 0.692. The summed E-state index contributed by atoms with van der Waals surface area (Å²) in [4.78, 5) is 18.7. The summed E-state index contributed by atoms with van der Waals surface area (Å²) in [7, 11) is 1.67. The average molecular weight is 421 g/mol. The fourth-order valence-electron chi connectivity index (χ4n) is 4.45. The molecule has 2 aliphatic rings. The minimum absolute atomic E-state index is 0.0115. The maximum absolute atomic E-state index is 12.8. The second-order valence-electron chi connectivity index (χ2n) is 9.81. The molecule has 31 heavy (non-hydrogen) atoms. The molecule has 4 rings (SSSR count). The standard InChI is InChI=1S/C26H32N2O3/c1-25(2,3)20-8-10-21(11-9-20)27-24(29)18-12-14-26(15-13-18)17-23(28-31-26)19-6-5-7-22(16-19)30-4/h5-11,16,18H,12-15,17H2,1-4H3,(H,27,29). The summed E-state index contributed by atoms with van der Waals surface area (Å²) < 4.78 is 5.32. The van der Waals surface area contributed by atoms with Crippen LogP contribution in [-0.4, -0.2) is 24.3 Å².